The average molecular weight is 238 g/mol. The average Bonchev–Trinajstić information content (AvgIpc) is 2.30. The topological polar surface area (TPSA) is 26.0 Å². The molecule has 0 saturated heterocycles. The molecule has 88 valence electrons. The lowest BCUT2D eigenvalue weighted by Crippen LogP contribution is -2.33. The van der Waals surface area contributed by atoms with Gasteiger partial charge < -0.3 is 5.73 Å². The van der Waals surface area contributed by atoms with E-state index in [4.69, 9.17) is 17.3 Å². The molecule has 1 aromatic rings. The number of rotatable bonds is 3. The summed E-state index contributed by atoms with van der Waals surface area (Å²) in [4.78, 5) is 0. The lowest BCUT2D eigenvalue weighted by molar-refractivity contribution is 0.303. The Labute approximate surface area is 103 Å². The molecule has 1 aromatic carbocycles. The molecule has 2 N–H and O–H groups in total. The van der Waals surface area contributed by atoms with Gasteiger partial charge in [0.05, 0.1) is 0 Å². The molecule has 1 fully saturated rings. The first-order valence-corrected chi connectivity index (χ1v) is 6.63. The highest BCUT2D eigenvalue weighted by molar-refractivity contribution is 6.30. The highest BCUT2D eigenvalue weighted by atomic mass is 35.5. The van der Waals surface area contributed by atoms with Crippen LogP contribution in [0.15, 0.2) is 24.3 Å². The van der Waals surface area contributed by atoms with E-state index in [1.54, 1.807) is 0 Å². The second kappa shape index (κ2) is 5.70. The maximum Gasteiger partial charge on any atom is 0.0408 e. The van der Waals surface area contributed by atoms with Gasteiger partial charge in [0.25, 0.3) is 0 Å². The van der Waals surface area contributed by atoms with Crippen molar-refractivity contribution in [1.29, 1.82) is 0 Å². The van der Waals surface area contributed by atoms with Gasteiger partial charge in [0.2, 0.25) is 0 Å². The number of halogens is 1. The first-order valence-electron chi connectivity index (χ1n) is 6.26. The van der Waals surface area contributed by atoms with Crippen LogP contribution in [-0.4, -0.2) is 6.04 Å². The molecule has 0 aromatic heterocycles. The Bertz CT molecular complexity index is 331. The summed E-state index contributed by atoms with van der Waals surface area (Å²) < 4.78 is 0. The monoisotopic (exact) mass is 237 g/mol. The summed E-state index contributed by atoms with van der Waals surface area (Å²) in [7, 11) is 0. The molecule has 0 aliphatic heterocycles. The summed E-state index contributed by atoms with van der Waals surface area (Å²) in [6.07, 6.45) is 7.68. The fourth-order valence-electron chi connectivity index (χ4n) is 2.67. The maximum atomic E-state index is 6.29. The van der Waals surface area contributed by atoms with Gasteiger partial charge in [-0.3, -0.25) is 0 Å². The van der Waals surface area contributed by atoms with E-state index in [0.29, 0.717) is 12.0 Å². The third-order valence-electron chi connectivity index (χ3n) is 3.62. The van der Waals surface area contributed by atoms with Crippen molar-refractivity contribution in [3.63, 3.8) is 0 Å². The number of hydrogen-bond donors (Lipinski definition) is 1. The van der Waals surface area contributed by atoms with Crippen LogP contribution in [0.5, 0.6) is 0 Å². The van der Waals surface area contributed by atoms with Crippen molar-refractivity contribution in [1.82, 2.24) is 0 Å². The van der Waals surface area contributed by atoms with Gasteiger partial charge in [-0.2, -0.15) is 0 Å². The van der Waals surface area contributed by atoms with E-state index in [-0.39, 0.29) is 0 Å². The molecule has 1 saturated carbocycles. The van der Waals surface area contributed by atoms with Gasteiger partial charge in [-0.05, 0) is 42.9 Å². The molecule has 2 rings (SSSR count). The molecule has 1 aliphatic carbocycles. The zero-order valence-electron chi connectivity index (χ0n) is 9.66. The predicted molar refractivity (Wildman–Crippen MR) is 69.7 cm³/mol. The fraction of sp³-hybridized carbons (Fsp3) is 0.571. The lowest BCUT2D eigenvalue weighted by atomic mass is 9.82. The third kappa shape index (κ3) is 3.23. The van der Waals surface area contributed by atoms with Crippen molar-refractivity contribution in [2.75, 3.05) is 0 Å². The summed E-state index contributed by atoms with van der Waals surface area (Å²) in [6.45, 7) is 0. The molecule has 0 spiro atoms. The molecule has 16 heavy (non-hydrogen) atoms. The van der Waals surface area contributed by atoms with Crippen LogP contribution >= 0.6 is 11.6 Å². The standard InChI is InChI=1S/C14H20ClN/c15-13-8-4-5-11(9-13)10-14(16)12-6-2-1-3-7-12/h4-5,8-9,12,14H,1-3,6-7,10,16H2. The number of benzene rings is 1. The van der Waals surface area contributed by atoms with Crippen LogP contribution in [0.1, 0.15) is 37.7 Å². The summed E-state index contributed by atoms with van der Waals surface area (Å²) in [6, 6.07) is 8.38. The Morgan fingerprint density at radius 2 is 2.00 bits per heavy atom. The van der Waals surface area contributed by atoms with E-state index in [2.05, 4.69) is 6.07 Å². The SMILES string of the molecule is NC(Cc1cccc(Cl)c1)C1CCCCC1. The number of hydrogen-bond acceptors (Lipinski definition) is 1. The van der Waals surface area contributed by atoms with Crippen molar-refractivity contribution in [2.45, 2.75) is 44.6 Å². The smallest absolute Gasteiger partial charge is 0.0408 e. The fourth-order valence-corrected chi connectivity index (χ4v) is 2.88. The second-order valence-electron chi connectivity index (χ2n) is 4.90. The molecule has 0 bridgehead atoms. The van der Waals surface area contributed by atoms with Crippen molar-refractivity contribution >= 4 is 11.6 Å². The van der Waals surface area contributed by atoms with Gasteiger partial charge in [0, 0.05) is 11.1 Å². The Balaban J connectivity index is 1.93. The first kappa shape index (κ1) is 11.9. The van der Waals surface area contributed by atoms with E-state index in [1.807, 2.05) is 18.2 Å². The van der Waals surface area contributed by atoms with Crippen molar-refractivity contribution in [3.8, 4) is 0 Å². The molecule has 2 heteroatoms. The Hall–Kier alpha value is -0.530. The van der Waals surface area contributed by atoms with Crippen molar-refractivity contribution in [2.24, 2.45) is 11.7 Å². The van der Waals surface area contributed by atoms with Gasteiger partial charge in [0.15, 0.2) is 0 Å². The molecule has 1 aliphatic rings. The first-order chi connectivity index (χ1) is 7.75. The largest absolute Gasteiger partial charge is 0.327 e. The molecular formula is C14H20ClN. The highest BCUT2D eigenvalue weighted by Gasteiger charge is 2.20. The minimum Gasteiger partial charge on any atom is -0.327 e. The van der Waals surface area contributed by atoms with E-state index < -0.39 is 0 Å². The van der Waals surface area contributed by atoms with Crippen LogP contribution in [0.4, 0.5) is 0 Å². The molecular weight excluding hydrogens is 218 g/mol. The zero-order chi connectivity index (χ0) is 11.4. The normalized spacial score (nSPS) is 19.6. The van der Waals surface area contributed by atoms with E-state index in [1.165, 1.54) is 37.7 Å². The zero-order valence-corrected chi connectivity index (χ0v) is 10.4. The molecule has 0 heterocycles. The molecule has 0 amide bonds. The molecule has 1 atom stereocenters. The van der Waals surface area contributed by atoms with Crippen LogP contribution in [0.25, 0.3) is 0 Å². The number of nitrogens with two attached hydrogens (primary N) is 1. The summed E-state index contributed by atoms with van der Waals surface area (Å²) in [5, 5.41) is 0.813. The summed E-state index contributed by atoms with van der Waals surface area (Å²) >= 11 is 5.97. The van der Waals surface area contributed by atoms with Gasteiger partial charge in [-0.25, -0.2) is 0 Å². The van der Waals surface area contributed by atoms with Gasteiger partial charge in [-0.15, -0.1) is 0 Å². The van der Waals surface area contributed by atoms with Crippen molar-refractivity contribution < 1.29 is 0 Å². The Morgan fingerprint density at radius 1 is 1.25 bits per heavy atom. The second-order valence-corrected chi connectivity index (χ2v) is 5.33. The minimum absolute atomic E-state index is 0.304. The minimum atomic E-state index is 0.304. The van der Waals surface area contributed by atoms with Crippen LogP contribution in [0.3, 0.4) is 0 Å². The quantitative estimate of drug-likeness (QED) is 0.851. The van der Waals surface area contributed by atoms with E-state index >= 15 is 0 Å². The van der Waals surface area contributed by atoms with Crippen LogP contribution in [0, 0.1) is 5.92 Å². The van der Waals surface area contributed by atoms with Crippen molar-refractivity contribution in [3.05, 3.63) is 34.9 Å². The Morgan fingerprint density at radius 3 is 2.69 bits per heavy atom. The van der Waals surface area contributed by atoms with Gasteiger partial charge in [-0.1, -0.05) is 43.0 Å². The predicted octanol–water partition coefficient (Wildman–Crippen LogP) is 3.79. The Kier molecular flexibility index (Phi) is 4.25. The van der Waals surface area contributed by atoms with Crippen LogP contribution < -0.4 is 5.73 Å². The highest BCUT2D eigenvalue weighted by Crippen LogP contribution is 2.27. The lowest BCUT2D eigenvalue weighted by Gasteiger charge is -2.27. The van der Waals surface area contributed by atoms with Crippen LogP contribution in [0.2, 0.25) is 5.02 Å². The van der Waals surface area contributed by atoms with Gasteiger partial charge >= 0.3 is 0 Å². The molecule has 1 nitrogen and oxygen atoms in total. The summed E-state index contributed by atoms with van der Waals surface area (Å²) in [5.41, 5.74) is 7.56. The van der Waals surface area contributed by atoms with E-state index in [0.717, 1.165) is 11.4 Å². The van der Waals surface area contributed by atoms with E-state index in [9.17, 15) is 0 Å². The molecule has 1 unspecified atom stereocenters. The maximum absolute atomic E-state index is 6.29. The van der Waals surface area contributed by atoms with Gasteiger partial charge in [0.1, 0.15) is 0 Å². The third-order valence-corrected chi connectivity index (χ3v) is 3.85. The summed E-state index contributed by atoms with van der Waals surface area (Å²) in [5.74, 6) is 0.715. The molecule has 0 radical (unpaired) electrons. The van der Waals surface area contributed by atoms with Crippen LogP contribution in [-0.2, 0) is 6.42 Å².